The molecule has 2 aromatic rings. The van der Waals surface area contributed by atoms with E-state index >= 15 is 0 Å². The number of rotatable bonds is 6. The van der Waals surface area contributed by atoms with Crippen molar-refractivity contribution in [3.63, 3.8) is 0 Å². The van der Waals surface area contributed by atoms with Gasteiger partial charge in [-0.3, -0.25) is 0 Å². The molecule has 0 saturated heterocycles. The number of ether oxygens (including phenoxy) is 2. The fourth-order valence-corrected chi connectivity index (χ4v) is 3.44. The highest BCUT2D eigenvalue weighted by Gasteiger charge is 2.39. The highest BCUT2D eigenvalue weighted by Crippen LogP contribution is 2.44. The minimum Gasteiger partial charge on any atom is -0.497 e. The van der Waals surface area contributed by atoms with Crippen LogP contribution in [0.15, 0.2) is 48.5 Å². The Kier molecular flexibility index (Phi) is 5.27. The SMILES string of the molecule is COc1ccc(C(C)(C)C(C)C(C)(C)c2ccc(OC)cc2)cc1. The van der Waals surface area contributed by atoms with E-state index in [0.717, 1.165) is 11.5 Å². The molecule has 0 N–H and O–H groups in total. The van der Waals surface area contributed by atoms with Crippen LogP contribution in [0.3, 0.4) is 0 Å². The molecule has 0 atom stereocenters. The number of hydrogen-bond donors (Lipinski definition) is 0. The lowest BCUT2D eigenvalue weighted by atomic mass is 9.61. The van der Waals surface area contributed by atoms with Gasteiger partial charge in [0, 0.05) is 0 Å². The van der Waals surface area contributed by atoms with Gasteiger partial charge in [-0.2, -0.15) is 0 Å². The summed E-state index contributed by atoms with van der Waals surface area (Å²) < 4.78 is 10.6. The van der Waals surface area contributed by atoms with E-state index in [0.29, 0.717) is 5.92 Å². The predicted molar refractivity (Wildman–Crippen MR) is 101 cm³/mol. The third-order valence-electron chi connectivity index (χ3n) is 5.83. The third-order valence-corrected chi connectivity index (χ3v) is 5.83. The van der Waals surface area contributed by atoms with Crippen molar-refractivity contribution in [1.29, 1.82) is 0 Å². The molecule has 0 fully saturated rings. The van der Waals surface area contributed by atoms with Gasteiger partial charge in [0.2, 0.25) is 0 Å². The zero-order chi connectivity index (χ0) is 18.0. The molecule has 0 saturated carbocycles. The lowest BCUT2D eigenvalue weighted by Gasteiger charge is -2.43. The van der Waals surface area contributed by atoms with Crippen molar-refractivity contribution in [1.82, 2.24) is 0 Å². The van der Waals surface area contributed by atoms with Gasteiger partial charge in [0.05, 0.1) is 14.2 Å². The summed E-state index contributed by atoms with van der Waals surface area (Å²) in [5.41, 5.74) is 2.74. The first kappa shape index (κ1) is 18.4. The third kappa shape index (κ3) is 3.43. The smallest absolute Gasteiger partial charge is 0.118 e. The van der Waals surface area contributed by atoms with Crippen LogP contribution < -0.4 is 9.47 Å². The fourth-order valence-electron chi connectivity index (χ4n) is 3.44. The minimum absolute atomic E-state index is 0.0374. The average molecular weight is 326 g/mol. The quantitative estimate of drug-likeness (QED) is 0.688. The zero-order valence-electron chi connectivity index (χ0n) is 16.0. The summed E-state index contributed by atoms with van der Waals surface area (Å²) >= 11 is 0. The summed E-state index contributed by atoms with van der Waals surface area (Å²) in [5.74, 6) is 2.24. The van der Waals surface area contributed by atoms with Crippen molar-refractivity contribution in [2.24, 2.45) is 5.92 Å². The Bertz CT molecular complexity index is 592. The molecular weight excluding hydrogens is 296 g/mol. The number of benzene rings is 2. The molecule has 2 heteroatoms. The largest absolute Gasteiger partial charge is 0.497 e. The number of methoxy groups -OCH3 is 2. The van der Waals surface area contributed by atoms with Gasteiger partial charge in [0.1, 0.15) is 11.5 Å². The monoisotopic (exact) mass is 326 g/mol. The van der Waals surface area contributed by atoms with Crippen LogP contribution >= 0.6 is 0 Å². The first-order valence-corrected chi connectivity index (χ1v) is 8.52. The zero-order valence-corrected chi connectivity index (χ0v) is 16.0. The lowest BCUT2D eigenvalue weighted by Crippen LogP contribution is -2.40. The highest BCUT2D eigenvalue weighted by atomic mass is 16.5. The summed E-state index contributed by atoms with van der Waals surface area (Å²) in [4.78, 5) is 0. The Morgan fingerprint density at radius 3 is 1.17 bits per heavy atom. The maximum absolute atomic E-state index is 5.29. The first-order chi connectivity index (χ1) is 11.2. The van der Waals surface area contributed by atoms with Crippen LogP contribution in [0, 0.1) is 5.92 Å². The molecule has 0 bridgehead atoms. The molecule has 0 heterocycles. The van der Waals surface area contributed by atoms with Gasteiger partial charge in [-0.25, -0.2) is 0 Å². The molecule has 2 nitrogen and oxygen atoms in total. The van der Waals surface area contributed by atoms with Gasteiger partial charge < -0.3 is 9.47 Å². The van der Waals surface area contributed by atoms with Crippen molar-refractivity contribution >= 4 is 0 Å². The van der Waals surface area contributed by atoms with Crippen molar-refractivity contribution in [2.75, 3.05) is 14.2 Å². The lowest BCUT2D eigenvalue weighted by molar-refractivity contribution is 0.221. The molecule has 0 spiro atoms. The van der Waals surface area contributed by atoms with Crippen molar-refractivity contribution in [2.45, 2.75) is 45.4 Å². The minimum atomic E-state index is 0.0374. The molecule has 130 valence electrons. The Labute approximate surface area is 146 Å². The standard InChI is InChI=1S/C22H30O2/c1-16(21(2,3)17-8-12-19(23-6)13-9-17)22(4,5)18-10-14-20(24-7)15-11-18/h8-16H,1-7H3. The van der Waals surface area contributed by atoms with Gasteiger partial charge in [0.25, 0.3) is 0 Å². The molecule has 2 aromatic carbocycles. The highest BCUT2D eigenvalue weighted by molar-refractivity contribution is 5.36. The Hall–Kier alpha value is -1.96. The molecule has 0 amide bonds. The average Bonchev–Trinajstić information content (AvgIpc) is 2.61. The van der Waals surface area contributed by atoms with E-state index in [-0.39, 0.29) is 10.8 Å². The normalized spacial score (nSPS) is 12.3. The molecule has 0 aliphatic rings. The molecule has 0 radical (unpaired) electrons. The van der Waals surface area contributed by atoms with Gasteiger partial charge >= 0.3 is 0 Å². The maximum Gasteiger partial charge on any atom is 0.118 e. The van der Waals surface area contributed by atoms with E-state index in [2.05, 4.69) is 58.9 Å². The first-order valence-electron chi connectivity index (χ1n) is 8.52. The van der Waals surface area contributed by atoms with E-state index in [1.165, 1.54) is 11.1 Å². The molecule has 0 unspecified atom stereocenters. The second-order valence-corrected chi connectivity index (χ2v) is 7.62. The van der Waals surface area contributed by atoms with Crippen LogP contribution in [-0.2, 0) is 10.8 Å². The fraction of sp³-hybridized carbons (Fsp3) is 0.455. The topological polar surface area (TPSA) is 18.5 Å². The van der Waals surface area contributed by atoms with Gasteiger partial charge in [-0.05, 0) is 52.1 Å². The van der Waals surface area contributed by atoms with E-state index in [1.54, 1.807) is 14.2 Å². The van der Waals surface area contributed by atoms with Gasteiger partial charge in [0.15, 0.2) is 0 Å². The summed E-state index contributed by atoms with van der Waals surface area (Å²) in [6, 6.07) is 16.9. The van der Waals surface area contributed by atoms with Crippen LogP contribution in [0.1, 0.15) is 45.7 Å². The summed E-state index contributed by atoms with van der Waals surface area (Å²) in [6.07, 6.45) is 0. The molecule has 0 aliphatic carbocycles. The second kappa shape index (κ2) is 6.88. The van der Waals surface area contributed by atoms with Crippen molar-refractivity contribution in [3.05, 3.63) is 59.7 Å². The number of hydrogen-bond acceptors (Lipinski definition) is 2. The second-order valence-electron chi connectivity index (χ2n) is 7.62. The van der Waals surface area contributed by atoms with Crippen molar-refractivity contribution < 1.29 is 9.47 Å². The summed E-state index contributed by atoms with van der Waals surface area (Å²) in [6.45, 7) is 11.6. The van der Waals surface area contributed by atoms with E-state index in [9.17, 15) is 0 Å². The van der Waals surface area contributed by atoms with Crippen LogP contribution in [-0.4, -0.2) is 14.2 Å². The van der Waals surface area contributed by atoms with Crippen LogP contribution in [0.25, 0.3) is 0 Å². The van der Waals surface area contributed by atoms with E-state index in [4.69, 9.17) is 9.47 Å². The Balaban J connectivity index is 2.32. The Morgan fingerprint density at radius 2 is 0.917 bits per heavy atom. The summed E-state index contributed by atoms with van der Waals surface area (Å²) in [7, 11) is 3.41. The molecule has 0 aliphatic heterocycles. The van der Waals surface area contributed by atoms with Gasteiger partial charge in [-0.1, -0.05) is 58.9 Å². The molecule has 24 heavy (non-hydrogen) atoms. The molecule has 0 aromatic heterocycles. The van der Waals surface area contributed by atoms with Crippen LogP contribution in [0.2, 0.25) is 0 Å². The Morgan fingerprint density at radius 1 is 0.625 bits per heavy atom. The van der Waals surface area contributed by atoms with Gasteiger partial charge in [-0.15, -0.1) is 0 Å². The van der Waals surface area contributed by atoms with E-state index in [1.807, 2.05) is 24.3 Å². The maximum atomic E-state index is 5.29. The predicted octanol–water partition coefficient (Wildman–Crippen LogP) is 5.60. The van der Waals surface area contributed by atoms with Crippen LogP contribution in [0.5, 0.6) is 11.5 Å². The van der Waals surface area contributed by atoms with Crippen LogP contribution in [0.4, 0.5) is 0 Å². The van der Waals surface area contributed by atoms with Crippen molar-refractivity contribution in [3.8, 4) is 11.5 Å². The molecule has 2 rings (SSSR count). The van der Waals surface area contributed by atoms with E-state index < -0.39 is 0 Å². The summed E-state index contributed by atoms with van der Waals surface area (Å²) in [5, 5.41) is 0. The molecular formula is C22H30O2.